The van der Waals surface area contributed by atoms with Gasteiger partial charge in [0.2, 0.25) is 0 Å². The Labute approximate surface area is 57.2 Å². The average molecular weight is 175 g/mol. The summed E-state index contributed by atoms with van der Waals surface area (Å²) in [5, 5.41) is 0. The Morgan fingerprint density at radius 2 is 2.50 bits per heavy atom. The number of allylic oxidation sites excluding steroid dienone is 3. The van der Waals surface area contributed by atoms with Crippen LogP contribution in [0, 0.1) is 0 Å². The van der Waals surface area contributed by atoms with Gasteiger partial charge in [0, 0.05) is 0 Å². The molecule has 44 valence electrons. The van der Waals surface area contributed by atoms with Crippen molar-refractivity contribution < 1.29 is 4.79 Å². The lowest BCUT2D eigenvalue weighted by atomic mass is 10.4. The minimum absolute atomic E-state index is 0.472. The SMILES string of the molecule is CC/C=C\C(Br)=C=O. The molecule has 0 aliphatic carbocycles. The van der Waals surface area contributed by atoms with E-state index in [4.69, 9.17) is 0 Å². The van der Waals surface area contributed by atoms with E-state index in [0.717, 1.165) is 6.42 Å². The molecule has 0 spiro atoms. The van der Waals surface area contributed by atoms with Crippen molar-refractivity contribution in [1.29, 1.82) is 0 Å². The maximum Gasteiger partial charge on any atom is 0.139 e. The summed E-state index contributed by atoms with van der Waals surface area (Å²) in [6.07, 6.45) is 4.51. The summed E-state index contributed by atoms with van der Waals surface area (Å²) in [4.78, 5) is 9.75. The monoisotopic (exact) mass is 174 g/mol. The van der Waals surface area contributed by atoms with Crippen molar-refractivity contribution in [3.8, 4) is 0 Å². The minimum atomic E-state index is 0.472. The van der Waals surface area contributed by atoms with E-state index in [1.54, 1.807) is 12.0 Å². The number of halogens is 1. The van der Waals surface area contributed by atoms with Gasteiger partial charge in [0.25, 0.3) is 0 Å². The van der Waals surface area contributed by atoms with E-state index in [9.17, 15) is 4.79 Å². The topological polar surface area (TPSA) is 17.1 Å². The predicted octanol–water partition coefficient (Wildman–Crippen LogP) is 2.06. The van der Waals surface area contributed by atoms with Crippen LogP contribution < -0.4 is 0 Å². The van der Waals surface area contributed by atoms with Crippen LogP contribution in [-0.2, 0) is 4.79 Å². The molecule has 8 heavy (non-hydrogen) atoms. The van der Waals surface area contributed by atoms with Crippen LogP contribution in [-0.4, -0.2) is 5.94 Å². The first kappa shape index (κ1) is 7.67. The number of hydrogen-bond donors (Lipinski definition) is 0. The van der Waals surface area contributed by atoms with Gasteiger partial charge in [-0.3, -0.25) is 0 Å². The quantitative estimate of drug-likeness (QED) is 0.463. The van der Waals surface area contributed by atoms with Crippen molar-refractivity contribution in [2.45, 2.75) is 13.3 Å². The third-order valence-electron chi connectivity index (χ3n) is 0.597. The normalized spacial score (nSPS) is 9.25. The lowest BCUT2D eigenvalue weighted by molar-refractivity contribution is 0.568. The first-order valence-corrected chi connectivity index (χ1v) is 3.17. The molecular weight excluding hydrogens is 168 g/mol. The molecule has 0 fully saturated rings. The van der Waals surface area contributed by atoms with E-state index in [0.29, 0.717) is 4.48 Å². The largest absolute Gasteiger partial charge is 0.232 e. The molecule has 0 N–H and O–H groups in total. The van der Waals surface area contributed by atoms with Crippen LogP contribution in [0.4, 0.5) is 0 Å². The van der Waals surface area contributed by atoms with Crippen LogP contribution in [0.25, 0.3) is 0 Å². The minimum Gasteiger partial charge on any atom is -0.232 e. The second-order valence-corrected chi connectivity index (χ2v) is 2.11. The lowest BCUT2D eigenvalue weighted by Gasteiger charge is -1.75. The Morgan fingerprint density at radius 1 is 1.88 bits per heavy atom. The second kappa shape index (κ2) is 4.82. The Morgan fingerprint density at radius 3 is 2.88 bits per heavy atom. The van der Waals surface area contributed by atoms with Gasteiger partial charge in [-0.25, -0.2) is 4.79 Å². The smallest absolute Gasteiger partial charge is 0.139 e. The number of hydrogen-bond acceptors (Lipinski definition) is 1. The van der Waals surface area contributed by atoms with Gasteiger partial charge in [0.1, 0.15) is 10.4 Å². The highest BCUT2D eigenvalue weighted by Crippen LogP contribution is 2.00. The Bertz CT molecular complexity index is 131. The zero-order chi connectivity index (χ0) is 6.41. The maximum absolute atomic E-state index is 9.75. The third kappa shape index (κ3) is 3.85. The first-order chi connectivity index (χ1) is 3.81. The molecule has 0 saturated carbocycles. The molecule has 0 atom stereocenters. The van der Waals surface area contributed by atoms with E-state index in [2.05, 4.69) is 15.9 Å². The highest BCUT2D eigenvalue weighted by atomic mass is 79.9. The zero-order valence-electron chi connectivity index (χ0n) is 4.65. The van der Waals surface area contributed by atoms with Crippen molar-refractivity contribution in [1.82, 2.24) is 0 Å². The molecule has 0 saturated heterocycles. The molecular formula is C6H7BrO. The summed E-state index contributed by atoms with van der Waals surface area (Å²) < 4.78 is 0.472. The van der Waals surface area contributed by atoms with E-state index >= 15 is 0 Å². The van der Waals surface area contributed by atoms with E-state index in [-0.39, 0.29) is 0 Å². The Balaban J connectivity index is 3.71. The Kier molecular flexibility index (Phi) is 4.62. The fraction of sp³-hybridized carbons (Fsp3) is 0.333. The summed E-state index contributed by atoms with van der Waals surface area (Å²) >= 11 is 2.98. The molecule has 0 aliphatic heterocycles. The summed E-state index contributed by atoms with van der Waals surface area (Å²) in [5.74, 6) is 1.70. The summed E-state index contributed by atoms with van der Waals surface area (Å²) in [5.41, 5.74) is 0. The van der Waals surface area contributed by atoms with E-state index in [1.807, 2.05) is 13.0 Å². The van der Waals surface area contributed by atoms with Gasteiger partial charge in [0.05, 0.1) is 0 Å². The summed E-state index contributed by atoms with van der Waals surface area (Å²) in [7, 11) is 0. The first-order valence-electron chi connectivity index (χ1n) is 2.38. The molecule has 0 aliphatic rings. The molecule has 0 aromatic heterocycles. The molecule has 0 aromatic rings. The molecule has 0 aromatic carbocycles. The lowest BCUT2D eigenvalue weighted by Crippen LogP contribution is -1.60. The van der Waals surface area contributed by atoms with Gasteiger partial charge in [-0.1, -0.05) is 13.0 Å². The zero-order valence-corrected chi connectivity index (χ0v) is 6.23. The van der Waals surface area contributed by atoms with Gasteiger partial charge in [-0.05, 0) is 28.4 Å². The van der Waals surface area contributed by atoms with Gasteiger partial charge in [-0.15, -0.1) is 0 Å². The van der Waals surface area contributed by atoms with Gasteiger partial charge < -0.3 is 0 Å². The standard InChI is InChI=1S/C6H7BrO/c1-2-3-4-6(7)5-8/h3-4H,2H2,1H3/b4-3-. The van der Waals surface area contributed by atoms with Gasteiger partial charge >= 0.3 is 0 Å². The summed E-state index contributed by atoms with van der Waals surface area (Å²) in [6, 6.07) is 0. The van der Waals surface area contributed by atoms with Crippen molar-refractivity contribution in [2.75, 3.05) is 0 Å². The molecule has 0 radical (unpaired) electrons. The van der Waals surface area contributed by atoms with Crippen LogP contribution >= 0.6 is 15.9 Å². The average Bonchev–Trinajstić information content (AvgIpc) is 1.83. The van der Waals surface area contributed by atoms with Crippen LogP contribution in [0.3, 0.4) is 0 Å². The van der Waals surface area contributed by atoms with Crippen molar-refractivity contribution in [3.05, 3.63) is 16.6 Å². The molecule has 0 amide bonds. The van der Waals surface area contributed by atoms with Crippen LogP contribution in [0.1, 0.15) is 13.3 Å². The van der Waals surface area contributed by atoms with Crippen molar-refractivity contribution in [3.63, 3.8) is 0 Å². The fourth-order valence-electron chi connectivity index (χ4n) is 0.255. The maximum atomic E-state index is 9.75. The van der Waals surface area contributed by atoms with E-state index < -0.39 is 0 Å². The van der Waals surface area contributed by atoms with Gasteiger partial charge in [0.15, 0.2) is 0 Å². The highest BCUT2D eigenvalue weighted by molar-refractivity contribution is 9.12. The van der Waals surface area contributed by atoms with Crippen LogP contribution in [0.5, 0.6) is 0 Å². The fourth-order valence-corrected chi connectivity index (χ4v) is 0.442. The predicted molar refractivity (Wildman–Crippen MR) is 37.6 cm³/mol. The number of carbonyl (C=O) groups excluding carboxylic acids is 1. The molecule has 0 bridgehead atoms. The second-order valence-electron chi connectivity index (χ2n) is 1.26. The molecule has 0 unspecified atom stereocenters. The molecule has 0 rings (SSSR count). The summed E-state index contributed by atoms with van der Waals surface area (Å²) in [6.45, 7) is 2.00. The van der Waals surface area contributed by atoms with E-state index in [1.165, 1.54) is 0 Å². The van der Waals surface area contributed by atoms with Gasteiger partial charge in [-0.2, -0.15) is 0 Å². The number of rotatable bonds is 2. The molecule has 2 heteroatoms. The van der Waals surface area contributed by atoms with Crippen LogP contribution in [0.2, 0.25) is 0 Å². The molecule has 1 nitrogen and oxygen atoms in total. The van der Waals surface area contributed by atoms with Crippen LogP contribution in [0.15, 0.2) is 16.6 Å². The highest BCUT2D eigenvalue weighted by Gasteiger charge is 1.77. The van der Waals surface area contributed by atoms with Crippen molar-refractivity contribution in [2.24, 2.45) is 0 Å². The van der Waals surface area contributed by atoms with Crippen molar-refractivity contribution >= 4 is 21.9 Å². The third-order valence-corrected chi connectivity index (χ3v) is 1.02. The molecule has 0 heterocycles. The Hall–Kier alpha value is -0.330.